The molecule has 1 aliphatic carbocycles. The summed E-state index contributed by atoms with van der Waals surface area (Å²) in [5.41, 5.74) is 7.17. The number of amides is 1. The molecular weight excluding hydrogens is 434 g/mol. The van der Waals surface area contributed by atoms with E-state index in [9.17, 15) is 9.59 Å². The number of rotatable bonds is 5. The maximum Gasteiger partial charge on any atom is 0.299 e. The van der Waals surface area contributed by atoms with Crippen LogP contribution in [0.2, 0.25) is 0 Å². The highest BCUT2D eigenvalue weighted by molar-refractivity contribution is 6.52. The van der Waals surface area contributed by atoms with Gasteiger partial charge in [-0.2, -0.15) is 0 Å². The zero-order chi connectivity index (χ0) is 23.8. The molecule has 0 N–H and O–H groups in total. The number of anilines is 1. The van der Waals surface area contributed by atoms with E-state index in [1.165, 1.54) is 22.3 Å². The third-order valence-electron chi connectivity index (χ3n) is 7.87. The Morgan fingerprint density at radius 3 is 1.97 bits per heavy atom. The molecular formula is C30H31N3O2. The number of hydrogen-bond donors (Lipinski definition) is 0. The molecule has 3 aromatic rings. The van der Waals surface area contributed by atoms with Crippen LogP contribution in [0.25, 0.3) is 0 Å². The second-order valence-corrected chi connectivity index (χ2v) is 9.83. The van der Waals surface area contributed by atoms with E-state index in [2.05, 4.69) is 58.3 Å². The van der Waals surface area contributed by atoms with Crippen molar-refractivity contribution < 1.29 is 9.59 Å². The van der Waals surface area contributed by atoms with E-state index < -0.39 is 0 Å². The molecule has 2 heterocycles. The second-order valence-electron chi connectivity index (χ2n) is 9.83. The molecule has 178 valence electrons. The number of carbonyl (C=O) groups is 2. The average molecular weight is 466 g/mol. The van der Waals surface area contributed by atoms with Crippen LogP contribution in [0.1, 0.15) is 45.1 Å². The Labute approximate surface area is 207 Å². The maximum atomic E-state index is 12.4. The minimum absolute atomic E-state index is 0.316. The molecule has 0 bridgehead atoms. The van der Waals surface area contributed by atoms with E-state index in [1.807, 2.05) is 18.2 Å². The van der Waals surface area contributed by atoms with E-state index in [4.69, 9.17) is 0 Å². The summed E-state index contributed by atoms with van der Waals surface area (Å²) < 4.78 is 0. The number of fused-ring (bicyclic) bond motifs is 3. The van der Waals surface area contributed by atoms with Crippen molar-refractivity contribution in [2.24, 2.45) is 0 Å². The lowest BCUT2D eigenvalue weighted by atomic mass is 9.92. The molecule has 0 saturated carbocycles. The molecule has 1 fully saturated rings. The first-order valence-electron chi connectivity index (χ1n) is 12.8. The Bertz CT molecular complexity index is 1210. The average Bonchev–Trinajstić information content (AvgIpc) is 3.04. The molecule has 0 radical (unpaired) electrons. The van der Waals surface area contributed by atoms with Gasteiger partial charge in [0.15, 0.2) is 0 Å². The second kappa shape index (κ2) is 9.40. The van der Waals surface area contributed by atoms with Crippen molar-refractivity contribution >= 4 is 17.4 Å². The molecule has 0 atom stereocenters. The quantitative estimate of drug-likeness (QED) is 0.532. The molecule has 3 aromatic carbocycles. The lowest BCUT2D eigenvalue weighted by Gasteiger charge is -2.40. The molecule has 5 heteroatoms. The molecule has 0 unspecified atom stereocenters. The number of ketones is 1. The van der Waals surface area contributed by atoms with E-state index in [0.717, 1.165) is 57.7 Å². The van der Waals surface area contributed by atoms with Gasteiger partial charge in [0.25, 0.3) is 11.7 Å². The van der Waals surface area contributed by atoms with Crippen LogP contribution >= 0.6 is 0 Å². The zero-order valence-electron chi connectivity index (χ0n) is 20.0. The molecule has 6 rings (SSSR count). The molecule has 0 aromatic heterocycles. The molecule has 1 saturated heterocycles. The zero-order valence-corrected chi connectivity index (χ0v) is 20.0. The van der Waals surface area contributed by atoms with E-state index >= 15 is 0 Å². The standard InChI is InChI=1S/C30H31N3O2/c34-29-26-12-5-6-13-27(26)33(30(29)35)17-7-16-31-18-20-32(21-19-31)28-24-10-3-1-8-22(24)14-15-23-9-2-4-11-25(23)28/h1-6,8-13,28H,7,14-21H2. The van der Waals surface area contributed by atoms with Crippen molar-refractivity contribution in [1.29, 1.82) is 0 Å². The van der Waals surface area contributed by atoms with Gasteiger partial charge in [-0.1, -0.05) is 60.7 Å². The molecule has 1 amide bonds. The maximum absolute atomic E-state index is 12.4. The summed E-state index contributed by atoms with van der Waals surface area (Å²) in [6.45, 7) is 5.61. The third kappa shape index (κ3) is 4.09. The third-order valence-corrected chi connectivity index (χ3v) is 7.87. The van der Waals surface area contributed by atoms with Crippen molar-refractivity contribution in [3.63, 3.8) is 0 Å². The first kappa shape index (κ1) is 22.2. The number of aryl methyl sites for hydroxylation is 2. The Morgan fingerprint density at radius 1 is 0.686 bits per heavy atom. The van der Waals surface area contributed by atoms with Crippen LogP contribution in [0, 0.1) is 0 Å². The summed E-state index contributed by atoms with van der Waals surface area (Å²) in [6.07, 6.45) is 3.07. The van der Waals surface area contributed by atoms with Crippen LogP contribution in [0.15, 0.2) is 72.8 Å². The van der Waals surface area contributed by atoms with Gasteiger partial charge in [0.1, 0.15) is 0 Å². The molecule has 5 nitrogen and oxygen atoms in total. The van der Waals surface area contributed by atoms with Gasteiger partial charge in [0.2, 0.25) is 0 Å². The fraction of sp³-hybridized carbons (Fsp3) is 0.333. The van der Waals surface area contributed by atoms with E-state index in [1.54, 1.807) is 11.0 Å². The fourth-order valence-electron chi connectivity index (χ4n) is 6.06. The number of nitrogens with zero attached hydrogens (tertiary/aromatic N) is 3. The molecule has 3 aliphatic rings. The van der Waals surface area contributed by atoms with Gasteiger partial charge in [-0.3, -0.25) is 14.5 Å². The topological polar surface area (TPSA) is 43.9 Å². The minimum atomic E-state index is -0.387. The van der Waals surface area contributed by atoms with Gasteiger partial charge in [-0.05, 0) is 60.2 Å². The van der Waals surface area contributed by atoms with Crippen molar-refractivity contribution in [3.05, 3.63) is 101 Å². The van der Waals surface area contributed by atoms with E-state index in [-0.39, 0.29) is 11.7 Å². The van der Waals surface area contributed by atoms with Crippen LogP contribution in [0.4, 0.5) is 5.69 Å². The van der Waals surface area contributed by atoms with Gasteiger partial charge in [0.05, 0.1) is 17.3 Å². The van der Waals surface area contributed by atoms with Crippen molar-refractivity contribution in [3.8, 4) is 0 Å². The highest BCUT2D eigenvalue weighted by Crippen LogP contribution is 2.37. The Morgan fingerprint density at radius 2 is 1.29 bits per heavy atom. The van der Waals surface area contributed by atoms with Crippen molar-refractivity contribution in [2.45, 2.75) is 25.3 Å². The number of hydrogen-bond acceptors (Lipinski definition) is 4. The smallest absolute Gasteiger partial charge is 0.299 e. The number of Topliss-reactive ketones (excluding diaryl/α,β-unsaturated/α-hetero) is 1. The number of benzene rings is 3. The van der Waals surface area contributed by atoms with Crippen molar-refractivity contribution in [2.75, 3.05) is 44.2 Å². The van der Waals surface area contributed by atoms with Crippen LogP contribution < -0.4 is 4.90 Å². The lowest BCUT2D eigenvalue weighted by Crippen LogP contribution is -2.48. The SMILES string of the molecule is O=C1C(=O)N(CCCN2CCN(C3c4ccccc4CCc4ccccc43)CC2)c2ccccc21. The number of carbonyl (C=O) groups excluding carboxylic acids is 2. The molecule has 0 spiro atoms. The largest absolute Gasteiger partial charge is 0.305 e. The summed E-state index contributed by atoms with van der Waals surface area (Å²) in [6, 6.07) is 25.6. The first-order valence-corrected chi connectivity index (χ1v) is 12.8. The van der Waals surface area contributed by atoms with Crippen LogP contribution in [-0.2, 0) is 17.6 Å². The summed E-state index contributed by atoms with van der Waals surface area (Å²) in [4.78, 5) is 31.5. The first-order chi connectivity index (χ1) is 17.2. The monoisotopic (exact) mass is 465 g/mol. The summed E-state index contributed by atoms with van der Waals surface area (Å²) >= 11 is 0. The van der Waals surface area contributed by atoms with Crippen LogP contribution in [0.5, 0.6) is 0 Å². The highest BCUT2D eigenvalue weighted by Gasteiger charge is 2.35. The highest BCUT2D eigenvalue weighted by atomic mass is 16.2. The number of piperazine rings is 1. The molecule has 35 heavy (non-hydrogen) atoms. The molecule has 2 aliphatic heterocycles. The van der Waals surface area contributed by atoms with Gasteiger partial charge in [-0.15, -0.1) is 0 Å². The van der Waals surface area contributed by atoms with Gasteiger partial charge < -0.3 is 9.80 Å². The predicted molar refractivity (Wildman–Crippen MR) is 138 cm³/mol. The van der Waals surface area contributed by atoms with Crippen LogP contribution in [0.3, 0.4) is 0 Å². The van der Waals surface area contributed by atoms with Gasteiger partial charge >= 0.3 is 0 Å². The Hall–Kier alpha value is -3.28. The van der Waals surface area contributed by atoms with Crippen LogP contribution in [-0.4, -0.2) is 60.8 Å². The summed E-state index contributed by atoms with van der Waals surface area (Å²) in [5.74, 6) is -0.764. The summed E-state index contributed by atoms with van der Waals surface area (Å²) in [5, 5.41) is 0. The van der Waals surface area contributed by atoms with E-state index in [0.29, 0.717) is 18.2 Å². The Balaban J connectivity index is 1.11. The van der Waals surface area contributed by atoms with Gasteiger partial charge in [-0.25, -0.2) is 0 Å². The Kier molecular flexibility index (Phi) is 5.96. The lowest BCUT2D eigenvalue weighted by molar-refractivity contribution is -0.114. The van der Waals surface area contributed by atoms with Crippen molar-refractivity contribution in [1.82, 2.24) is 9.80 Å². The summed E-state index contributed by atoms with van der Waals surface area (Å²) in [7, 11) is 0. The van der Waals surface area contributed by atoms with Gasteiger partial charge in [0, 0.05) is 32.7 Å². The fourth-order valence-corrected chi connectivity index (χ4v) is 6.06. The minimum Gasteiger partial charge on any atom is -0.305 e. The predicted octanol–water partition coefficient (Wildman–Crippen LogP) is 4.11. The normalized spacial score (nSPS) is 18.8. The number of para-hydroxylation sites is 1.